The van der Waals surface area contributed by atoms with Gasteiger partial charge in [-0.2, -0.15) is 21.6 Å². The summed E-state index contributed by atoms with van der Waals surface area (Å²) in [5.74, 6) is -0.736. The Hall–Kier alpha value is -3.38. The lowest BCUT2D eigenvalue weighted by atomic mass is 9.98. The van der Waals surface area contributed by atoms with Crippen LogP contribution in [0.4, 0.5) is 18.9 Å². The van der Waals surface area contributed by atoms with Gasteiger partial charge in [-0.3, -0.25) is 14.3 Å². The Morgan fingerprint density at radius 3 is 2.57 bits per heavy atom. The van der Waals surface area contributed by atoms with E-state index in [9.17, 15) is 30.9 Å². The van der Waals surface area contributed by atoms with Crippen molar-refractivity contribution < 1.29 is 40.4 Å². The van der Waals surface area contributed by atoms with Crippen LogP contribution in [0.1, 0.15) is 30.0 Å². The van der Waals surface area contributed by atoms with Crippen molar-refractivity contribution in [3.05, 3.63) is 65.4 Å². The molecule has 35 heavy (non-hydrogen) atoms. The zero-order valence-electron chi connectivity index (χ0n) is 18.8. The SMILES string of the molecule is COc1ccc(S(=O)(=O)O)cc1NC(=O)COC1=CC(C(F)(F)F)=NC(c2ccccc2C)CC1. The summed E-state index contributed by atoms with van der Waals surface area (Å²) in [6.07, 6.45) is -3.59. The molecule has 1 unspecified atom stereocenters. The molecule has 1 atom stereocenters. The second kappa shape index (κ2) is 10.5. The first-order chi connectivity index (χ1) is 16.4. The van der Waals surface area contributed by atoms with Gasteiger partial charge in [-0.1, -0.05) is 24.3 Å². The third-order valence-corrected chi connectivity index (χ3v) is 6.08. The van der Waals surface area contributed by atoms with Gasteiger partial charge in [0, 0.05) is 12.5 Å². The van der Waals surface area contributed by atoms with E-state index >= 15 is 0 Å². The van der Waals surface area contributed by atoms with E-state index in [0.29, 0.717) is 5.56 Å². The number of carbonyl (C=O) groups is 1. The second-order valence-corrected chi connectivity index (χ2v) is 9.13. The Morgan fingerprint density at radius 1 is 1.23 bits per heavy atom. The highest BCUT2D eigenvalue weighted by Gasteiger charge is 2.37. The van der Waals surface area contributed by atoms with Crippen LogP contribution in [-0.4, -0.2) is 44.5 Å². The summed E-state index contributed by atoms with van der Waals surface area (Å²) in [6, 6.07) is 9.61. The van der Waals surface area contributed by atoms with Gasteiger partial charge in [0.05, 0.1) is 29.5 Å². The monoisotopic (exact) mass is 512 g/mol. The van der Waals surface area contributed by atoms with E-state index in [0.717, 1.165) is 23.8 Å². The lowest BCUT2D eigenvalue weighted by Crippen LogP contribution is -2.22. The molecular formula is C23H23F3N2O6S. The number of hydrogen-bond acceptors (Lipinski definition) is 6. The fourth-order valence-electron chi connectivity index (χ4n) is 3.52. The van der Waals surface area contributed by atoms with Crippen molar-refractivity contribution in [2.75, 3.05) is 19.0 Å². The van der Waals surface area contributed by atoms with Gasteiger partial charge in [0.15, 0.2) is 6.61 Å². The Morgan fingerprint density at radius 2 is 1.94 bits per heavy atom. The zero-order valence-corrected chi connectivity index (χ0v) is 19.6. The van der Waals surface area contributed by atoms with Gasteiger partial charge < -0.3 is 14.8 Å². The first-order valence-electron chi connectivity index (χ1n) is 10.4. The second-order valence-electron chi connectivity index (χ2n) is 7.71. The van der Waals surface area contributed by atoms with Crippen molar-refractivity contribution in [3.8, 4) is 5.75 Å². The molecule has 0 saturated heterocycles. The summed E-state index contributed by atoms with van der Waals surface area (Å²) < 4.78 is 83.1. The number of ether oxygens (including phenoxy) is 2. The van der Waals surface area contributed by atoms with Crippen molar-refractivity contribution >= 4 is 27.4 Å². The van der Waals surface area contributed by atoms with Gasteiger partial charge in [0.2, 0.25) is 0 Å². The van der Waals surface area contributed by atoms with Crippen LogP contribution in [-0.2, 0) is 19.6 Å². The molecule has 0 saturated carbocycles. The molecular weight excluding hydrogens is 489 g/mol. The summed E-state index contributed by atoms with van der Waals surface area (Å²) in [7, 11) is -3.25. The molecule has 8 nitrogen and oxygen atoms in total. The van der Waals surface area contributed by atoms with Crippen molar-refractivity contribution in [3.63, 3.8) is 0 Å². The highest BCUT2D eigenvalue weighted by molar-refractivity contribution is 7.85. The minimum atomic E-state index is -4.72. The van der Waals surface area contributed by atoms with E-state index in [1.165, 1.54) is 13.2 Å². The summed E-state index contributed by atoms with van der Waals surface area (Å²) in [5, 5.41) is 2.37. The molecule has 2 N–H and O–H groups in total. The Bertz CT molecular complexity index is 1270. The van der Waals surface area contributed by atoms with E-state index in [4.69, 9.17) is 9.47 Å². The van der Waals surface area contributed by atoms with Crippen molar-refractivity contribution in [2.45, 2.75) is 36.9 Å². The lowest BCUT2D eigenvalue weighted by molar-refractivity contribution is -0.119. The molecule has 188 valence electrons. The molecule has 0 radical (unpaired) electrons. The van der Waals surface area contributed by atoms with Gasteiger partial charge in [0.1, 0.15) is 11.5 Å². The zero-order chi connectivity index (χ0) is 25.8. The van der Waals surface area contributed by atoms with E-state index in [-0.39, 0.29) is 30.0 Å². The van der Waals surface area contributed by atoms with Crippen LogP contribution in [0.5, 0.6) is 5.75 Å². The number of rotatable bonds is 7. The number of nitrogens with one attached hydrogen (secondary N) is 1. The molecule has 0 spiro atoms. The number of hydrogen-bond donors (Lipinski definition) is 2. The third-order valence-electron chi connectivity index (χ3n) is 5.23. The topological polar surface area (TPSA) is 114 Å². The van der Waals surface area contributed by atoms with Crippen LogP contribution < -0.4 is 10.1 Å². The fourth-order valence-corrected chi connectivity index (χ4v) is 4.02. The molecule has 1 heterocycles. The number of methoxy groups -OCH3 is 1. The maximum absolute atomic E-state index is 13.6. The van der Waals surface area contributed by atoms with Gasteiger partial charge >= 0.3 is 6.18 Å². The first-order valence-corrected chi connectivity index (χ1v) is 11.8. The average molecular weight is 513 g/mol. The molecule has 0 aromatic heterocycles. The summed E-state index contributed by atoms with van der Waals surface area (Å²) >= 11 is 0. The molecule has 1 aliphatic heterocycles. The fraction of sp³-hybridized carbons (Fsp3) is 0.304. The number of aryl methyl sites for hydroxylation is 1. The largest absolute Gasteiger partial charge is 0.495 e. The average Bonchev–Trinajstić information content (AvgIpc) is 3.00. The summed E-state index contributed by atoms with van der Waals surface area (Å²) in [4.78, 5) is 15.8. The molecule has 3 rings (SSSR count). The molecule has 2 aromatic carbocycles. The number of benzene rings is 2. The molecule has 0 aliphatic carbocycles. The Kier molecular flexibility index (Phi) is 7.86. The van der Waals surface area contributed by atoms with Crippen molar-refractivity contribution in [1.29, 1.82) is 0 Å². The molecule has 0 bridgehead atoms. The van der Waals surface area contributed by atoms with E-state index in [1.807, 2.05) is 0 Å². The van der Waals surface area contributed by atoms with E-state index < -0.39 is 45.5 Å². The quantitative estimate of drug-likeness (QED) is 0.523. The minimum Gasteiger partial charge on any atom is -0.495 e. The van der Waals surface area contributed by atoms with Crippen LogP contribution in [0, 0.1) is 6.92 Å². The molecule has 2 aromatic rings. The number of anilines is 1. The van der Waals surface area contributed by atoms with Crippen molar-refractivity contribution in [1.82, 2.24) is 0 Å². The number of amides is 1. The van der Waals surface area contributed by atoms with Gasteiger partial charge in [-0.15, -0.1) is 0 Å². The first kappa shape index (κ1) is 26.2. The predicted octanol–water partition coefficient (Wildman–Crippen LogP) is 4.63. The van der Waals surface area contributed by atoms with Gasteiger partial charge in [-0.05, 0) is 42.7 Å². The molecule has 0 fully saturated rings. The smallest absolute Gasteiger partial charge is 0.433 e. The predicted molar refractivity (Wildman–Crippen MR) is 122 cm³/mol. The van der Waals surface area contributed by atoms with Crippen molar-refractivity contribution in [2.24, 2.45) is 4.99 Å². The van der Waals surface area contributed by atoms with Gasteiger partial charge in [-0.25, -0.2) is 0 Å². The number of carbonyl (C=O) groups excluding carboxylic acids is 1. The number of alkyl halides is 3. The summed E-state index contributed by atoms with van der Waals surface area (Å²) in [6.45, 7) is 1.15. The molecule has 1 aliphatic rings. The maximum atomic E-state index is 13.6. The van der Waals surface area contributed by atoms with E-state index in [2.05, 4.69) is 10.3 Å². The van der Waals surface area contributed by atoms with Gasteiger partial charge in [0.25, 0.3) is 16.0 Å². The number of nitrogens with zero attached hydrogens (tertiary/aromatic N) is 1. The highest BCUT2D eigenvalue weighted by atomic mass is 32.2. The normalized spacial score (nSPS) is 16.6. The molecule has 12 heteroatoms. The van der Waals surface area contributed by atoms with Crippen LogP contribution in [0.15, 0.2) is 64.2 Å². The van der Waals surface area contributed by atoms with Crippen LogP contribution >= 0.6 is 0 Å². The standard InChI is InChI=1S/C23H23F3N2O6S/c1-14-5-3-4-6-17(14)18-9-7-15(11-21(27-18)23(24,25)26)34-13-22(29)28-19-12-16(35(30,31)32)8-10-20(19)33-2/h3-6,8,10-12,18H,7,9,13H2,1-2H3,(H,28,29)(H,30,31,32). The summed E-state index contributed by atoms with van der Waals surface area (Å²) in [5.41, 5.74) is 0.310. The number of allylic oxidation sites excluding steroid dienone is 2. The lowest BCUT2D eigenvalue weighted by Gasteiger charge is -2.16. The van der Waals surface area contributed by atoms with E-state index in [1.54, 1.807) is 31.2 Å². The molecule has 1 amide bonds. The van der Waals surface area contributed by atoms with Crippen LogP contribution in [0.25, 0.3) is 0 Å². The Labute approximate surface area is 200 Å². The third kappa shape index (κ3) is 6.83. The number of halogens is 3. The highest BCUT2D eigenvalue weighted by Crippen LogP contribution is 2.33. The Balaban J connectivity index is 1.74. The number of aliphatic imine (C=N–C) groups is 1. The maximum Gasteiger partial charge on any atom is 0.433 e. The minimum absolute atomic E-state index is 0.0639. The van der Waals surface area contributed by atoms with Crippen LogP contribution in [0.3, 0.4) is 0 Å². The van der Waals surface area contributed by atoms with Crippen LogP contribution in [0.2, 0.25) is 0 Å².